The summed E-state index contributed by atoms with van der Waals surface area (Å²) in [5.41, 5.74) is 0. The predicted molar refractivity (Wildman–Crippen MR) is 81.1 cm³/mol. The summed E-state index contributed by atoms with van der Waals surface area (Å²) in [6.45, 7) is 3.67. The Balaban J connectivity index is 3.57. The van der Waals surface area contributed by atoms with E-state index in [1.807, 2.05) is 45.2 Å². The smallest absolute Gasteiger partial charge is 0.318 e. The molecule has 0 aliphatic heterocycles. The molecule has 0 spiro atoms. The molecular formula is C10H16I2NO5. The van der Waals surface area contributed by atoms with Gasteiger partial charge in [-0.05, 0) is 13.8 Å². The number of ether oxygens (including phenoxy) is 2. The number of rotatable bonds is 8. The van der Waals surface area contributed by atoms with Gasteiger partial charge in [0.05, 0.1) is 13.1 Å². The van der Waals surface area contributed by atoms with Gasteiger partial charge in [-0.2, -0.15) is 0 Å². The summed E-state index contributed by atoms with van der Waals surface area (Å²) in [5.74, 6) is -0.677. The number of hydrogen-bond acceptors (Lipinski definition) is 5. The Kier molecular flexibility index (Phi) is 10.3. The van der Waals surface area contributed by atoms with Crippen LogP contribution in [0.15, 0.2) is 0 Å². The zero-order valence-electron chi connectivity index (χ0n) is 10.2. The van der Waals surface area contributed by atoms with Crippen molar-refractivity contribution in [3.63, 3.8) is 0 Å². The second kappa shape index (κ2) is 10.1. The van der Waals surface area contributed by atoms with Crippen molar-refractivity contribution < 1.29 is 24.3 Å². The zero-order valence-corrected chi connectivity index (χ0v) is 14.5. The van der Waals surface area contributed by atoms with Gasteiger partial charge in [0.25, 0.3) is 0 Å². The molecule has 0 fully saturated rings. The van der Waals surface area contributed by atoms with Gasteiger partial charge in [0.1, 0.15) is 21.1 Å². The largest absolute Gasteiger partial charge is 0.463 e. The third-order valence-electron chi connectivity index (χ3n) is 1.82. The number of nitrogens with zero attached hydrogens (tertiary/aromatic N) is 1. The van der Waals surface area contributed by atoms with Crippen LogP contribution in [0.25, 0.3) is 0 Å². The highest BCUT2D eigenvalue weighted by Gasteiger charge is 2.12. The van der Waals surface area contributed by atoms with Crippen molar-refractivity contribution in [2.45, 2.75) is 21.7 Å². The van der Waals surface area contributed by atoms with E-state index in [2.05, 4.69) is 0 Å². The molecule has 8 heteroatoms. The Hall–Kier alpha value is 0.320. The lowest BCUT2D eigenvalue weighted by molar-refractivity contribution is -0.178. The number of hydrogen-bond donors (Lipinski definition) is 0. The maximum Gasteiger partial charge on any atom is 0.318 e. The molecule has 0 heterocycles. The number of hydroxylamine groups is 2. The highest BCUT2D eigenvalue weighted by atomic mass is 127. The van der Waals surface area contributed by atoms with Crippen molar-refractivity contribution in [3.05, 3.63) is 0 Å². The molecule has 1 radical (unpaired) electrons. The van der Waals surface area contributed by atoms with Gasteiger partial charge in [-0.25, -0.2) is 0 Å². The molecule has 0 aromatic heterocycles. The van der Waals surface area contributed by atoms with E-state index in [4.69, 9.17) is 9.47 Å². The Morgan fingerprint density at radius 2 is 1.33 bits per heavy atom. The van der Waals surface area contributed by atoms with Gasteiger partial charge < -0.3 is 9.47 Å². The summed E-state index contributed by atoms with van der Waals surface area (Å²) in [5, 5.41) is 12.0. The van der Waals surface area contributed by atoms with Gasteiger partial charge in [-0.15, -0.1) is 10.3 Å². The van der Waals surface area contributed by atoms with Crippen LogP contribution in [-0.2, 0) is 24.3 Å². The molecule has 18 heavy (non-hydrogen) atoms. The van der Waals surface area contributed by atoms with E-state index in [1.54, 1.807) is 13.8 Å². The standard InChI is InChI=1S/C10H16I2NO5/c1-7(11)9(14)17-5-3-13(16)4-6-18-10(15)8(2)12/h7-8H,3-6H2,1-2H3. The highest BCUT2D eigenvalue weighted by Crippen LogP contribution is 2.02. The summed E-state index contributed by atoms with van der Waals surface area (Å²) in [4.78, 5) is 22.2. The normalized spacial score (nSPS) is 14.1. The van der Waals surface area contributed by atoms with Crippen LogP contribution in [0.1, 0.15) is 13.8 Å². The van der Waals surface area contributed by atoms with E-state index < -0.39 is 0 Å². The van der Waals surface area contributed by atoms with Crippen LogP contribution in [0.2, 0.25) is 0 Å². The molecular weight excluding hydrogens is 468 g/mol. The number of carbonyl (C=O) groups is 2. The van der Waals surface area contributed by atoms with Gasteiger partial charge in [-0.3, -0.25) is 9.59 Å². The minimum atomic E-state index is -0.339. The first-order chi connectivity index (χ1) is 8.34. The SMILES string of the molecule is CC(I)C(=O)OCCN([O])CCOC(=O)C(C)I. The lowest BCUT2D eigenvalue weighted by Crippen LogP contribution is -2.29. The van der Waals surface area contributed by atoms with Gasteiger partial charge >= 0.3 is 11.9 Å². The topological polar surface area (TPSA) is 75.7 Å². The molecule has 105 valence electrons. The van der Waals surface area contributed by atoms with E-state index in [1.165, 1.54) is 0 Å². The first-order valence-electron chi connectivity index (χ1n) is 5.38. The number of alkyl halides is 2. The van der Waals surface area contributed by atoms with Gasteiger partial charge in [0.15, 0.2) is 0 Å². The van der Waals surface area contributed by atoms with Crippen LogP contribution in [0.4, 0.5) is 0 Å². The molecule has 6 nitrogen and oxygen atoms in total. The summed E-state index contributed by atoms with van der Waals surface area (Å²) in [6.07, 6.45) is 0. The molecule has 0 bridgehead atoms. The number of esters is 2. The van der Waals surface area contributed by atoms with Gasteiger partial charge in [0.2, 0.25) is 0 Å². The van der Waals surface area contributed by atoms with Crippen molar-refractivity contribution >= 4 is 57.1 Å². The Morgan fingerprint density at radius 1 is 1.00 bits per heavy atom. The predicted octanol–water partition coefficient (Wildman–Crippen LogP) is 1.37. The lowest BCUT2D eigenvalue weighted by Gasteiger charge is -2.13. The highest BCUT2D eigenvalue weighted by molar-refractivity contribution is 14.1. The Morgan fingerprint density at radius 3 is 1.61 bits per heavy atom. The lowest BCUT2D eigenvalue weighted by atomic mass is 10.5. The molecule has 0 aliphatic rings. The minimum absolute atomic E-state index is 0.0479. The number of carbonyl (C=O) groups excluding carboxylic acids is 2. The Labute approximate surface area is 134 Å². The van der Waals surface area contributed by atoms with Crippen LogP contribution >= 0.6 is 45.2 Å². The Bertz CT molecular complexity index is 247. The molecule has 0 N–H and O–H groups in total. The summed E-state index contributed by atoms with van der Waals surface area (Å²) >= 11 is 3.87. The van der Waals surface area contributed by atoms with E-state index in [9.17, 15) is 14.8 Å². The van der Waals surface area contributed by atoms with Crippen LogP contribution in [-0.4, -0.2) is 51.2 Å². The van der Waals surface area contributed by atoms with Crippen molar-refractivity contribution in [1.29, 1.82) is 0 Å². The van der Waals surface area contributed by atoms with Gasteiger partial charge in [-0.1, -0.05) is 45.2 Å². The van der Waals surface area contributed by atoms with E-state index in [-0.39, 0.29) is 46.1 Å². The maximum absolute atomic E-state index is 11.3. The zero-order chi connectivity index (χ0) is 14.1. The molecule has 0 aromatic rings. The number of halogens is 2. The maximum atomic E-state index is 11.3. The molecule has 0 aliphatic carbocycles. The van der Waals surface area contributed by atoms with Crippen LogP contribution in [0.3, 0.4) is 0 Å². The monoisotopic (exact) mass is 484 g/mol. The van der Waals surface area contributed by atoms with Crippen molar-refractivity contribution in [3.8, 4) is 0 Å². The molecule has 0 amide bonds. The fourth-order valence-corrected chi connectivity index (χ4v) is 1.20. The van der Waals surface area contributed by atoms with Crippen LogP contribution < -0.4 is 0 Å². The third kappa shape index (κ3) is 9.28. The second-order valence-corrected chi connectivity index (χ2v) is 7.23. The average molecular weight is 484 g/mol. The molecule has 0 rings (SSSR count). The van der Waals surface area contributed by atoms with Crippen LogP contribution in [0, 0.1) is 0 Å². The molecule has 0 aromatic carbocycles. The molecule has 2 unspecified atom stereocenters. The first kappa shape index (κ1) is 18.3. The summed E-state index contributed by atoms with van der Waals surface area (Å²) in [7, 11) is 0. The third-order valence-corrected chi connectivity index (χ3v) is 2.84. The van der Waals surface area contributed by atoms with E-state index >= 15 is 0 Å². The molecule has 0 saturated heterocycles. The van der Waals surface area contributed by atoms with E-state index in [0.29, 0.717) is 5.06 Å². The second-order valence-electron chi connectivity index (χ2n) is 3.50. The fourth-order valence-electron chi connectivity index (χ4n) is 0.838. The van der Waals surface area contributed by atoms with Gasteiger partial charge in [0, 0.05) is 0 Å². The van der Waals surface area contributed by atoms with Crippen molar-refractivity contribution in [1.82, 2.24) is 5.06 Å². The molecule has 2 atom stereocenters. The summed E-state index contributed by atoms with van der Waals surface area (Å²) in [6, 6.07) is 0. The molecule has 0 saturated carbocycles. The van der Waals surface area contributed by atoms with Crippen LogP contribution in [0.5, 0.6) is 0 Å². The summed E-state index contributed by atoms with van der Waals surface area (Å²) < 4.78 is 9.23. The minimum Gasteiger partial charge on any atom is -0.463 e. The quantitative estimate of drug-likeness (QED) is 0.225. The fraction of sp³-hybridized carbons (Fsp3) is 0.800. The average Bonchev–Trinajstić information content (AvgIpc) is 2.28. The first-order valence-corrected chi connectivity index (χ1v) is 7.87. The van der Waals surface area contributed by atoms with E-state index in [0.717, 1.165) is 0 Å². The van der Waals surface area contributed by atoms with Crippen molar-refractivity contribution in [2.75, 3.05) is 26.3 Å². The van der Waals surface area contributed by atoms with Crippen molar-refractivity contribution in [2.24, 2.45) is 0 Å².